The summed E-state index contributed by atoms with van der Waals surface area (Å²) in [5.41, 5.74) is 17.9. The highest BCUT2D eigenvalue weighted by Crippen LogP contribution is 2.45. The van der Waals surface area contributed by atoms with Crippen LogP contribution in [0.15, 0.2) is 146 Å². The van der Waals surface area contributed by atoms with Gasteiger partial charge in [-0.05, 0) is 97.1 Å². The summed E-state index contributed by atoms with van der Waals surface area (Å²) >= 11 is 0. The Labute approximate surface area is 323 Å². The van der Waals surface area contributed by atoms with Crippen molar-refractivity contribution in [3.05, 3.63) is 179 Å². The number of benzene rings is 9. The van der Waals surface area contributed by atoms with Crippen LogP contribution in [0.25, 0.3) is 76.4 Å². The Kier molecular flexibility index (Phi) is 7.68. The molecule has 0 fully saturated rings. The maximum Gasteiger partial charge on any atom is 0.242 e. The van der Waals surface area contributed by atoms with Crippen molar-refractivity contribution < 1.29 is 0 Å². The molecule has 0 saturated carbocycles. The molecule has 10 rings (SSSR count). The number of pyridine rings is 1. The summed E-state index contributed by atoms with van der Waals surface area (Å²) in [6.07, 6.45) is 0. The highest BCUT2D eigenvalue weighted by Gasteiger charge is 2.29. The summed E-state index contributed by atoms with van der Waals surface area (Å²) in [4.78, 5) is 5.26. The monoisotopic (exact) mass is 703 g/mol. The highest BCUT2D eigenvalue weighted by atomic mass is 14.7. The van der Waals surface area contributed by atoms with Crippen molar-refractivity contribution in [1.29, 1.82) is 0 Å². The van der Waals surface area contributed by atoms with Gasteiger partial charge >= 0.3 is 0 Å². The molecule has 0 aliphatic heterocycles. The molecule has 1 aromatic heterocycles. The molecule has 0 amide bonds. The maximum absolute atomic E-state index is 5.26. The fraction of sp³-hybridized carbons (Fsp3) is 0.113. The van der Waals surface area contributed by atoms with Crippen LogP contribution in [0.5, 0.6) is 0 Å². The molecule has 0 saturated heterocycles. The Morgan fingerprint density at radius 3 is 1.69 bits per heavy atom. The standard InChI is InChI=1S/C53H42BN/c1-31-25-33(3)51(34(4)26-31)54(52-35(5)27-32(2)28-36(52)6)41-16-12-15-39(29-41)42-22-19-37-20-24-45-49-40(21-23-43(42)48(37)49)30-46-50(45)44-17-10-11-18-47(44)55-53(46)38-13-8-7-9-14-38/h7-30H,1-6H3. The molecule has 1 nitrogen and oxygen atoms in total. The van der Waals surface area contributed by atoms with Crippen molar-refractivity contribution in [2.24, 2.45) is 0 Å². The van der Waals surface area contributed by atoms with Crippen LogP contribution in [-0.4, -0.2) is 11.7 Å². The number of hydrogen-bond donors (Lipinski definition) is 0. The lowest BCUT2D eigenvalue weighted by molar-refractivity contribution is 1.34. The average molecular weight is 704 g/mol. The van der Waals surface area contributed by atoms with Crippen LogP contribution >= 0.6 is 0 Å². The molecule has 2 heteroatoms. The quantitative estimate of drug-likeness (QED) is 0.0988. The normalized spacial score (nSPS) is 11.8. The molecule has 262 valence electrons. The Balaban J connectivity index is 1.23. The first-order valence-corrected chi connectivity index (χ1v) is 19.5. The number of aromatic nitrogens is 1. The zero-order valence-corrected chi connectivity index (χ0v) is 32.4. The van der Waals surface area contributed by atoms with Crippen molar-refractivity contribution in [3.8, 4) is 22.4 Å². The molecule has 0 unspecified atom stereocenters. The molecule has 0 aliphatic rings. The zero-order valence-electron chi connectivity index (χ0n) is 32.4. The lowest BCUT2D eigenvalue weighted by Gasteiger charge is -2.25. The number of para-hydroxylation sites is 1. The summed E-state index contributed by atoms with van der Waals surface area (Å²) in [6, 6.07) is 54.5. The second-order valence-electron chi connectivity index (χ2n) is 15.9. The van der Waals surface area contributed by atoms with Crippen molar-refractivity contribution in [2.75, 3.05) is 0 Å². The zero-order chi connectivity index (χ0) is 37.5. The van der Waals surface area contributed by atoms with Crippen molar-refractivity contribution >= 4 is 77.1 Å². The lowest BCUT2D eigenvalue weighted by Crippen LogP contribution is -2.55. The van der Waals surface area contributed by atoms with Crippen molar-refractivity contribution in [3.63, 3.8) is 0 Å². The first kappa shape index (κ1) is 33.3. The fourth-order valence-electron chi connectivity index (χ4n) is 10.0. The van der Waals surface area contributed by atoms with Gasteiger partial charge in [-0.3, -0.25) is 0 Å². The van der Waals surface area contributed by atoms with Gasteiger partial charge in [0.1, 0.15) is 0 Å². The molecular formula is C53H42BN. The van der Waals surface area contributed by atoms with Gasteiger partial charge in [-0.1, -0.05) is 183 Å². The largest absolute Gasteiger partial charge is 0.247 e. The average Bonchev–Trinajstić information content (AvgIpc) is 3.18. The van der Waals surface area contributed by atoms with Gasteiger partial charge in [-0.25, -0.2) is 4.98 Å². The van der Waals surface area contributed by atoms with Crippen molar-refractivity contribution in [2.45, 2.75) is 41.5 Å². The van der Waals surface area contributed by atoms with Crippen LogP contribution < -0.4 is 16.4 Å². The molecule has 0 bridgehead atoms. The third kappa shape index (κ3) is 5.27. The van der Waals surface area contributed by atoms with E-state index in [0.717, 1.165) is 16.8 Å². The number of aryl methyl sites for hydroxylation is 6. The van der Waals surface area contributed by atoms with E-state index in [1.165, 1.54) is 109 Å². The van der Waals surface area contributed by atoms with E-state index >= 15 is 0 Å². The maximum atomic E-state index is 5.26. The van der Waals surface area contributed by atoms with Crippen LogP contribution in [0.4, 0.5) is 0 Å². The second-order valence-corrected chi connectivity index (χ2v) is 15.9. The lowest BCUT2D eigenvalue weighted by atomic mass is 9.34. The van der Waals surface area contributed by atoms with Gasteiger partial charge in [-0.2, -0.15) is 0 Å². The smallest absolute Gasteiger partial charge is 0.242 e. The van der Waals surface area contributed by atoms with Crippen LogP contribution in [0, 0.1) is 41.5 Å². The van der Waals surface area contributed by atoms with Gasteiger partial charge in [0, 0.05) is 21.7 Å². The Morgan fingerprint density at radius 1 is 0.400 bits per heavy atom. The minimum atomic E-state index is 0.119. The SMILES string of the molecule is Cc1cc(C)c(B(c2cccc(-c3ccc4ccc5c6c(cc7ccc3c4c75)c(-c3ccccc3)nc3ccccc36)c2)c2c(C)cc(C)cc2C)c(C)c1. The summed E-state index contributed by atoms with van der Waals surface area (Å²) in [5, 5.41) is 11.4. The van der Waals surface area contributed by atoms with Gasteiger partial charge in [0.05, 0.1) is 11.2 Å². The number of fused-ring (bicyclic) bond motifs is 4. The van der Waals surface area contributed by atoms with Gasteiger partial charge in [0.25, 0.3) is 0 Å². The molecule has 10 aromatic rings. The summed E-state index contributed by atoms with van der Waals surface area (Å²) in [6.45, 7) is 13.7. The summed E-state index contributed by atoms with van der Waals surface area (Å²) in [5.74, 6) is 0. The van der Waals surface area contributed by atoms with Crippen LogP contribution in [-0.2, 0) is 0 Å². The first-order chi connectivity index (χ1) is 26.7. The minimum Gasteiger partial charge on any atom is -0.247 e. The van der Waals surface area contributed by atoms with E-state index in [1.807, 2.05) is 0 Å². The Morgan fingerprint density at radius 2 is 0.982 bits per heavy atom. The molecule has 1 heterocycles. The number of nitrogens with zero attached hydrogens (tertiary/aromatic N) is 1. The van der Waals surface area contributed by atoms with Gasteiger partial charge < -0.3 is 0 Å². The third-order valence-electron chi connectivity index (χ3n) is 12.1. The molecule has 0 atom stereocenters. The van der Waals surface area contributed by atoms with E-state index < -0.39 is 0 Å². The van der Waals surface area contributed by atoms with E-state index in [4.69, 9.17) is 4.98 Å². The highest BCUT2D eigenvalue weighted by molar-refractivity contribution is 6.96. The van der Waals surface area contributed by atoms with Gasteiger partial charge in [0.15, 0.2) is 0 Å². The van der Waals surface area contributed by atoms with E-state index in [9.17, 15) is 0 Å². The molecule has 9 aromatic carbocycles. The van der Waals surface area contributed by atoms with Gasteiger partial charge in [-0.15, -0.1) is 0 Å². The van der Waals surface area contributed by atoms with Crippen LogP contribution in [0.1, 0.15) is 33.4 Å². The molecule has 0 N–H and O–H groups in total. The first-order valence-electron chi connectivity index (χ1n) is 19.5. The van der Waals surface area contributed by atoms with Gasteiger partial charge in [0.2, 0.25) is 6.71 Å². The molecular weight excluding hydrogens is 661 g/mol. The van der Waals surface area contributed by atoms with Crippen molar-refractivity contribution in [1.82, 2.24) is 4.98 Å². The molecule has 0 aliphatic carbocycles. The fourth-order valence-corrected chi connectivity index (χ4v) is 10.0. The summed E-state index contributed by atoms with van der Waals surface area (Å²) < 4.78 is 0. The number of rotatable bonds is 5. The molecule has 0 spiro atoms. The van der Waals surface area contributed by atoms with E-state index in [0.29, 0.717) is 0 Å². The predicted octanol–water partition coefficient (Wildman–Crippen LogP) is 12.0. The minimum absolute atomic E-state index is 0.119. The third-order valence-corrected chi connectivity index (χ3v) is 12.1. The Hall–Kier alpha value is -6.25. The van der Waals surface area contributed by atoms with E-state index in [2.05, 4.69) is 187 Å². The second kappa shape index (κ2) is 12.7. The number of hydrogen-bond acceptors (Lipinski definition) is 1. The van der Waals surface area contributed by atoms with Crippen LogP contribution in [0.3, 0.4) is 0 Å². The molecule has 0 radical (unpaired) electrons. The molecule has 55 heavy (non-hydrogen) atoms. The van der Waals surface area contributed by atoms with E-state index in [1.54, 1.807) is 0 Å². The Bertz CT molecular complexity index is 3050. The van der Waals surface area contributed by atoms with E-state index in [-0.39, 0.29) is 6.71 Å². The predicted molar refractivity (Wildman–Crippen MR) is 240 cm³/mol. The summed E-state index contributed by atoms with van der Waals surface area (Å²) in [7, 11) is 0. The topological polar surface area (TPSA) is 12.9 Å². The van der Waals surface area contributed by atoms with Crippen LogP contribution in [0.2, 0.25) is 0 Å².